The number of fused-ring (bicyclic) bond motifs is 12. The fourth-order valence-electron chi connectivity index (χ4n) is 9.30. The standard InChI is InChI=1S/C48H26N4O/c1-2-12-28(13-3-1)44-41-29-14-5-4-11-27(29)23-26-36(41)49-48(50-44)51-37-19-9-16-31-32-17-8-18-33-34-24-25-35-30-15-6-7-22-40(30)53-47(35)46(34)52(45(32)33)39-21-10-20-38(51)43(39)42(31)37/h1-26H. The van der Waals surface area contributed by atoms with Crippen LogP contribution in [0.4, 0.5) is 0 Å². The van der Waals surface area contributed by atoms with Crippen molar-refractivity contribution in [3.05, 3.63) is 158 Å². The predicted molar refractivity (Wildman–Crippen MR) is 219 cm³/mol. The van der Waals surface area contributed by atoms with E-state index in [1.165, 1.54) is 43.2 Å². The predicted octanol–water partition coefficient (Wildman–Crippen LogP) is 12.6. The van der Waals surface area contributed by atoms with Crippen LogP contribution >= 0.6 is 0 Å². The zero-order valence-electron chi connectivity index (χ0n) is 28.2. The van der Waals surface area contributed by atoms with Gasteiger partial charge in [0.25, 0.3) is 0 Å². The highest BCUT2D eigenvalue weighted by Crippen LogP contribution is 2.46. The molecule has 0 radical (unpaired) electrons. The highest BCUT2D eigenvalue weighted by Gasteiger charge is 2.25. The number of hydrogen-bond donors (Lipinski definition) is 0. The fourth-order valence-corrected chi connectivity index (χ4v) is 9.30. The van der Waals surface area contributed by atoms with Crippen LogP contribution in [0.3, 0.4) is 0 Å². The summed E-state index contributed by atoms with van der Waals surface area (Å²) in [5.41, 5.74) is 10.2. The molecule has 0 aliphatic heterocycles. The first-order valence-corrected chi connectivity index (χ1v) is 18.0. The molecule has 0 N–H and O–H groups in total. The van der Waals surface area contributed by atoms with Gasteiger partial charge in [0.2, 0.25) is 5.95 Å². The molecule has 5 aromatic heterocycles. The van der Waals surface area contributed by atoms with Gasteiger partial charge in [-0.3, -0.25) is 4.57 Å². The van der Waals surface area contributed by atoms with E-state index in [0.29, 0.717) is 5.95 Å². The Kier molecular flexibility index (Phi) is 5.06. The van der Waals surface area contributed by atoms with Crippen LogP contribution in [0.15, 0.2) is 162 Å². The van der Waals surface area contributed by atoms with Crippen LogP contribution in [0.25, 0.3) is 121 Å². The van der Waals surface area contributed by atoms with Crippen LogP contribution < -0.4 is 0 Å². The van der Waals surface area contributed by atoms with E-state index in [4.69, 9.17) is 14.4 Å². The molecule has 0 amide bonds. The average Bonchev–Trinajstić information content (AvgIpc) is 3.86. The molecular formula is C48H26N4O. The van der Waals surface area contributed by atoms with Gasteiger partial charge in [0.15, 0.2) is 5.58 Å². The molecule has 0 aliphatic rings. The Morgan fingerprint density at radius 3 is 1.98 bits per heavy atom. The van der Waals surface area contributed by atoms with Gasteiger partial charge in [0.05, 0.1) is 38.8 Å². The topological polar surface area (TPSA) is 48.3 Å². The number of para-hydroxylation sites is 2. The molecule has 0 bridgehead atoms. The van der Waals surface area contributed by atoms with Gasteiger partial charge in [-0.25, -0.2) is 9.97 Å². The third-order valence-electron chi connectivity index (χ3n) is 11.4. The zero-order chi connectivity index (χ0) is 34.4. The zero-order valence-corrected chi connectivity index (χ0v) is 28.2. The first kappa shape index (κ1) is 27.5. The highest BCUT2D eigenvalue weighted by atomic mass is 16.3. The van der Waals surface area contributed by atoms with E-state index in [0.717, 1.165) is 71.6 Å². The Morgan fingerprint density at radius 2 is 1.08 bits per heavy atom. The van der Waals surface area contributed by atoms with Crippen molar-refractivity contribution in [3.63, 3.8) is 0 Å². The molecule has 0 saturated heterocycles. The normalized spacial score (nSPS) is 12.5. The molecule has 5 nitrogen and oxygen atoms in total. The van der Waals surface area contributed by atoms with Crippen LogP contribution in [-0.2, 0) is 0 Å². The van der Waals surface area contributed by atoms with Gasteiger partial charge in [-0.15, -0.1) is 0 Å². The molecule has 5 heterocycles. The molecule has 244 valence electrons. The number of hydrogen-bond acceptors (Lipinski definition) is 3. The number of furan rings is 1. The maximum absolute atomic E-state index is 6.74. The van der Waals surface area contributed by atoms with Crippen molar-refractivity contribution in [3.8, 4) is 17.2 Å². The van der Waals surface area contributed by atoms with E-state index >= 15 is 0 Å². The van der Waals surface area contributed by atoms with Gasteiger partial charge >= 0.3 is 0 Å². The smallest absolute Gasteiger partial charge is 0.235 e. The van der Waals surface area contributed by atoms with Gasteiger partial charge in [0.1, 0.15) is 5.58 Å². The van der Waals surface area contributed by atoms with E-state index in [2.05, 4.69) is 161 Å². The minimum atomic E-state index is 0.650. The van der Waals surface area contributed by atoms with Gasteiger partial charge in [-0.1, -0.05) is 121 Å². The summed E-state index contributed by atoms with van der Waals surface area (Å²) in [7, 11) is 0. The van der Waals surface area contributed by atoms with Crippen molar-refractivity contribution >= 4 is 104 Å². The molecule has 0 fully saturated rings. The summed E-state index contributed by atoms with van der Waals surface area (Å²) in [5.74, 6) is 0.650. The molecular weight excluding hydrogens is 649 g/mol. The van der Waals surface area contributed by atoms with Crippen LogP contribution in [0.1, 0.15) is 0 Å². The molecule has 13 aromatic rings. The van der Waals surface area contributed by atoms with Crippen molar-refractivity contribution in [2.24, 2.45) is 0 Å². The van der Waals surface area contributed by atoms with Crippen molar-refractivity contribution in [1.29, 1.82) is 0 Å². The number of aromatic nitrogens is 4. The van der Waals surface area contributed by atoms with Gasteiger partial charge < -0.3 is 8.82 Å². The summed E-state index contributed by atoms with van der Waals surface area (Å²) >= 11 is 0. The lowest BCUT2D eigenvalue weighted by Crippen LogP contribution is -2.04. The Balaban J connectivity index is 1.24. The summed E-state index contributed by atoms with van der Waals surface area (Å²) in [6.07, 6.45) is 0. The minimum Gasteiger partial charge on any atom is -0.454 e. The average molecular weight is 675 g/mol. The monoisotopic (exact) mass is 674 g/mol. The second kappa shape index (κ2) is 9.75. The number of nitrogens with zero attached hydrogens (tertiary/aromatic N) is 4. The lowest BCUT2D eigenvalue weighted by molar-refractivity contribution is 0.671. The number of rotatable bonds is 2. The molecule has 53 heavy (non-hydrogen) atoms. The van der Waals surface area contributed by atoms with Gasteiger partial charge in [-0.05, 0) is 52.6 Å². The molecule has 13 rings (SSSR count). The molecule has 8 aromatic carbocycles. The Bertz CT molecular complexity index is 3680. The van der Waals surface area contributed by atoms with Crippen molar-refractivity contribution in [2.45, 2.75) is 0 Å². The van der Waals surface area contributed by atoms with Crippen LogP contribution in [0, 0.1) is 0 Å². The molecule has 0 unspecified atom stereocenters. The molecule has 0 aliphatic carbocycles. The van der Waals surface area contributed by atoms with Crippen LogP contribution in [-0.4, -0.2) is 18.9 Å². The highest BCUT2D eigenvalue weighted by molar-refractivity contribution is 6.33. The Morgan fingerprint density at radius 1 is 0.415 bits per heavy atom. The Labute approximate surface area is 300 Å². The molecule has 0 spiro atoms. The van der Waals surface area contributed by atoms with E-state index in [9.17, 15) is 0 Å². The third-order valence-corrected chi connectivity index (χ3v) is 11.4. The summed E-state index contributed by atoms with van der Waals surface area (Å²) in [6.45, 7) is 0. The minimum absolute atomic E-state index is 0.650. The lowest BCUT2D eigenvalue weighted by atomic mass is 10.0. The third kappa shape index (κ3) is 3.42. The molecule has 0 atom stereocenters. The van der Waals surface area contributed by atoms with Crippen molar-refractivity contribution in [1.82, 2.24) is 18.9 Å². The molecule has 0 saturated carbocycles. The van der Waals surface area contributed by atoms with Crippen LogP contribution in [0.2, 0.25) is 0 Å². The van der Waals surface area contributed by atoms with Gasteiger partial charge in [-0.2, -0.15) is 0 Å². The van der Waals surface area contributed by atoms with E-state index in [1.807, 2.05) is 6.07 Å². The summed E-state index contributed by atoms with van der Waals surface area (Å²) in [4.78, 5) is 10.9. The largest absolute Gasteiger partial charge is 0.454 e. The Hall–Kier alpha value is -7.24. The second-order valence-corrected chi connectivity index (χ2v) is 14.1. The fraction of sp³-hybridized carbons (Fsp3) is 0. The summed E-state index contributed by atoms with van der Waals surface area (Å²) in [5, 5.41) is 12.8. The van der Waals surface area contributed by atoms with E-state index in [1.54, 1.807) is 0 Å². The quantitative estimate of drug-likeness (QED) is 0.172. The lowest BCUT2D eigenvalue weighted by Gasteiger charge is -2.13. The SMILES string of the molecule is c1ccc(-c2nc(-n3c4cccc5c6cccc7c8ccc9c%10ccccc%10oc9c8n(c8cccc3c8c54)c67)nc3ccc4ccccc4c23)cc1. The number of benzene rings is 8. The van der Waals surface area contributed by atoms with E-state index < -0.39 is 0 Å². The molecule has 5 heteroatoms. The van der Waals surface area contributed by atoms with Crippen molar-refractivity contribution in [2.75, 3.05) is 0 Å². The maximum atomic E-state index is 6.74. The first-order valence-electron chi connectivity index (χ1n) is 18.0. The first-order chi connectivity index (χ1) is 26.3. The van der Waals surface area contributed by atoms with Crippen LogP contribution in [0.5, 0.6) is 0 Å². The maximum Gasteiger partial charge on any atom is 0.235 e. The summed E-state index contributed by atoms with van der Waals surface area (Å²) in [6, 6.07) is 56.2. The summed E-state index contributed by atoms with van der Waals surface area (Å²) < 4.78 is 11.5. The van der Waals surface area contributed by atoms with E-state index in [-0.39, 0.29) is 0 Å². The van der Waals surface area contributed by atoms with Gasteiger partial charge in [0, 0.05) is 48.7 Å². The second-order valence-electron chi connectivity index (χ2n) is 14.1. The van der Waals surface area contributed by atoms with Crippen molar-refractivity contribution < 1.29 is 4.42 Å².